The van der Waals surface area contributed by atoms with Gasteiger partial charge >= 0.3 is 0 Å². The van der Waals surface area contributed by atoms with E-state index in [2.05, 4.69) is 0 Å². The van der Waals surface area contributed by atoms with E-state index >= 15 is 0 Å². The maximum atomic E-state index is 13.2. The molecule has 5 heteroatoms. The van der Waals surface area contributed by atoms with E-state index in [9.17, 15) is 14.3 Å². The van der Waals surface area contributed by atoms with E-state index in [0.29, 0.717) is 10.6 Å². The van der Waals surface area contributed by atoms with Gasteiger partial charge in [-0.15, -0.1) is 0 Å². The van der Waals surface area contributed by atoms with Gasteiger partial charge in [0.2, 0.25) is 0 Å². The van der Waals surface area contributed by atoms with Crippen LogP contribution in [0.3, 0.4) is 0 Å². The first-order valence-corrected chi connectivity index (χ1v) is 6.72. The van der Waals surface area contributed by atoms with Gasteiger partial charge in [-0.1, -0.05) is 23.7 Å². The summed E-state index contributed by atoms with van der Waals surface area (Å²) in [6.07, 6.45) is -0.898. The molecule has 0 saturated carbocycles. The Balaban J connectivity index is 2.10. The standard InChI is InChI=1S/C16H14ClFO3/c1-10(19)14-7-6-13(18)8-16(14)21-9-15(20)11-2-4-12(17)5-3-11/h2-8,15,20H,9H2,1H3. The number of hydrogen-bond donors (Lipinski definition) is 1. The summed E-state index contributed by atoms with van der Waals surface area (Å²) in [5.41, 5.74) is 0.903. The van der Waals surface area contributed by atoms with Crippen LogP contribution in [0.1, 0.15) is 28.9 Å². The number of aliphatic hydroxyl groups is 1. The summed E-state index contributed by atoms with van der Waals surface area (Å²) in [6.45, 7) is 1.28. The molecule has 2 rings (SSSR count). The third kappa shape index (κ3) is 4.03. The Labute approximate surface area is 126 Å². The second kappa shape index (κ2) is 6.70. The molecule has 1 unspecified atom stereocenters. The summed E-state index contributed by atoms with van der Waals surface area (Å²) in [4.78, 5) is 11.5. The highest BCUT2D eigenvalue weighted by atomic mass is 35.5. The SMILES string of the molecule is CC(=O)c1ccc(F)cc1OCC(O)c1ccc(Cl)cc1. The average Bonchev–Trinajstić information content (AvgIpc) is 2.45. The highest BCUT2D eigenvalue weighted by molar-refractivity contribution is 6.30. The lowest BCUT2D eigenvalue weighted by Gasteiger charge is -2.14. The minimum absolute atomic E-state index is 0.0919. The van der Waals surface area contributed by atoms with Crippen molar-refractivity contribution in [3.63, 3.8) is 0 Å². The van der Waals surface area contributed by atoms with E-state index in [4.69, 9.17) is 16.3 Å². The zero-order valence-electron chi connectivity index (χ0n) is 11.3. The van der Waals surface area contributed by atoms with Crippen molar-refractivity contribution in [1.29, 1.82) is 0 Å². The molecule has 2 aromatic rings. The lowest BCUT2D eigenvalue weighted by Crippen LogP contribution is -2.11. The molecule has 0 aliphatic rings. The number of aliphatic hydroxyl groups excluding tert-OH is 1. The Kier molecular flexibility index (Phi) is 4.94. The van der Waals surface area contributed by atoms with E-state index < -0.39 is 11.9 Å². The fraction of sp³-hybridized carbons (Fsp3) is 0.188. The average molecular weight is 309 g/mol. The quantitative estimate of drug-likeness (QED) is 0.855. The molecule has 1 atom stereocenters. The lowest BCUT2D eigenvalue weighted by atomic mass is 10.1. The molecule has 3 nitrogen and oxygen atoms in total. The van der Waals surface area contributed by atoms with Crippen molar-refractivity contribution < 1.29 is 19.0 Å². The molecule has 21 heavy (non-hydrogen) atoms. The Morgan fingerprint density at radius 2 is 1.95 bits per heavy atom. The molecular formula is C16H14ClFO3. The number of Topliss-reactive ketones (excluding diaryl/α,β-unsaturated/α-hetero) is 1. The zero-order chi connectivity index (χ0) is 15.4. The number of ether oxygens (including phenoxy) is 1. The topological polar surface area (TPSA) is 46.5 Å². The minimum Gasteiger partial charge on any atom is -0.490 e. The molecule has 110 valence electrons. The van der Waals surface area contributed by atoms with Crippen LogP contribution in [0.2, 0.25) is 5.02 Å². The number of halogens is 2. The van der Waals surface area contributed by atoms with Crippen molar-refractivity contribution in [2.45, 2.75) is 13.0 Å². The van der Waals surface area contributed by atoms with Gasteiger partial charge in [0.25, 0.3) is 0 Å². The summed E-state index contributed by atoms with van der Waals surface area (Å²) in [5.74, 6) is -0.613. The highest BCUT2D eigenvalue weighted by Gasteiger charge is 2.13. The fourth-order valence-corrected chi connectivity index (χ4v) is 1.98. The lowest BCUT2D eigenvalue weighted by molar-refractivity contribution is 0.0976. The van der Waals surface area contributed by atoms with Gasteiger partial charge in [0.1, 0.15) is 24.3 Å². The Morgan fingerprint density at radius 3 is 2.57 bits per heavy atom. The predicted octanol–water partition coefficient (Wildman–Crippen LogP) is 3.79. The van der Waals surface area contributed by atoms with E-state index in [-0.39, 0.29) is 23.7 Å². The van der Waals surface area contributed by atoms with Crippen LogP contribution in [0.15, 0.2) is 42.5 Å². The van der Waals surface area contributed by atoms with Crippen molar-refractivity contribution in [3.8, 4) is 5.75 Å². The maximum absolute atomic E-state index is 13.2. The van der Waals surface area contributed by atoms with Gasteiger partial charge < -0.3 is 9.84 Å². The first-order valence-electron chi connectivity index (χ1n) is 6.34. The Bertz CT molecular complexity index is 640. The third-order valence-electron chi connectivity index (χ3n) is 2.97. The molecule has 0 aliphatic heterocycles. The fourth-order valence-electron chi connectivity index (χ4n) is 1.86. The van der Waals surface area contributed by atoms with Gasteiger partial charge in [0, 0.05) is 11.1 Å². The molecule has 0 aliphatic carbocycles. The number of carbonyl (C=O) groups is 1. The molecule has 0 bridgehead atoms. The summed E-state index contributed by atoms with van der Waals surface area (Å²) in [5, 5.41) is 10.6. The number of carbonyl (C=O) groups excluding carboxylic acids is 1. The number of rotatable bonds is 5. The van der Waals surface area contributed by atoms with Crippen LogP contribution in [-0.2, 0) is 0 Å². The van der Waals surface area contributed by atoms with Crippen LogP contribution < -0.4 is 4.74 Å². The van der Waals surface area contributed by atoms with E-state index in [1.54, 1.807) is 24.3 Å². The molecule has 0 aromatic heterocycles. The van der Waals surface area contributed by atoms with Crippen molar-refractivity contribution in [2.24, 2.45) is 0 Å². The summed E-state index contributed by atoms with van der Waals surface area (Å²) in [7, 11) is 0. The Morgan fingerprint density at radius 1 is 1.29 bits per heavy atom. The second-order valence-corrected chi connectivity index (χ2v) is 5.01. The first-order chi connectivity index (χ1) is 9.97. The van der Waals surface area contributed by atoms with Crippen LogP contribution in [0.4, 0.5) is 4.39 Å². The number of benzene rings is 2. The van der Waals surface area contributed by atoms with Crippen molar-refractivity contribution in [1.82, 2.24) is 0 Å². The minimum atomic E-state index is -0.898. The molecule has 0 saturated heterocycles. The molecule has 0 radical (unpaired) electrons. The van der Waals surface area contributed by atoms with Crippen LogP contribution >= 0.6 is 11.6 Å². The number of hydrogen-bond acceptors (Lipinski definition) is 3. The largest absolute Gasteiger partial charge is 0.490 e. The smallest absolute Gasteiger partial charge is 0.163 e. The summed E-state index contributed by atoms with van der Waals surface area (Å²) >= 11 is 5.77. The monoisotopic (exact) mass is 308 g/mol. The van der Waals surface area contributed by atoms with E-state index in [0.717, 1.165) is 6.07 Å². The van der Waals surface area contributed by atoms with Crippen LogP contribution in [0.5, 0.6) is 5.75 Å². The van der Waals surface area contributed by atoms with Crippen molar-refractivity contribution >= 4 is 17.4 Å². The third-order valence-corrected chi connectivity index (χ3v) is 3.23. The summed E-state index contributed by atoms with van der Waals surface area (Å²) in [6, 6.07) is 10.3. The van der Waals surface area contributed by atoms with Gasteiger partial charge in [0.05, 0.1) is 5.56 Å². The van der Waals surface area contributed by atoms with E-state index in [1.165, 1.54) is 19.1 Å². The molecule has 0 fully saturated rings. The predicted molar refractivity (Wildman–Crippen MR) is 78.3 cm³/mol. The van der Waals surface area contributed by atoms with E-state index in [1.807, 2.05) is 0 Å². The van der Waals surface area contributed by atoms with Gasteiger partial charge in [-0.05, 0) is 36.8 Å². The first kappa shape index (κ1) is 15.5. The van der Waals surface area contributed by atoms with Gasteiger partial charge in [-0.2, -0.15) is 0 Å². The summed E-state index contributed by atoms with van der Waals surface area (Å²) < 4.78 is 18.6. The van der Waals surface area contributed by atoms with Gasteiger partial charge in [0.15, 0.2) is 5.78 Å². The normalized spacial score (nSPS) is 12.0. The highest BCUT2D eigenvalue weighted by Crippen LogP contribution is 2.23. The molecule has 1 N–H and O–H groups in total. The molecule has 2 aromatic carbocycles. The number of ketones is 1. The molecule has 0 spiro atoms. The van der Waals surface area contributed by atoms with Crippen molar-refractivity contribution in [3.05, 3.63) is 64.4 Å². The van der Waals surface area contributed by atoms with Crippen LogP contribution in [0, 0.1) is 5.82 Å². The molecular weight excluding hydrogens is 295 g/mol. The van der Waals surface area contributed by atoms with Gasteiger partial charge in [-0.3, -0.25) is 4.79 Å². The molecule has 0 heterocycles. The maximum Gasteiger partial charge on any atom is 0.163 e. The van der Waals surface area contributed by atoms with Crippen LogP contribution in [-0.4, -0.2) is 17.5 Å². The van der Waals surface area contributed by atoms with Crippen molar-refractivity contribution in [2.75, 3.05) is 6.61 Å². The molecule has 0 amide bonds. The second-order valence-electron chi connectivity index (χ2n) is 4.58. The zero-order valence-corrected chi connectivity index (χ0v) is 12.1. The Hall–Kier alpha value is -1.91. The van der Waals surface area contributed by atoms with Crippen LogP contribution in [0.25, 0.3) is 0 Å². The van der Waals surface area contributed by atoms with Gasteiger partial charge in [-0.25, -0.2) is 4.39 Å².